The summed E-state index contributed by atoms with van der Waals surface area (Å²) < 4.78 is 18.0. The molecular weight excluding hydrogens is 393 g/mol. The third kappa shape index (κ3) is 6.60. The standard InChI is InChI=1S/C21H20FN3O5/c1-25(18(10-11-23)20(27)28)21(29)30-13-15-4-8-17(9-5-15)24-19(26)12-14-2-6-16(22)7-3-14/h2-9,18H,10,12-13H2,1H3,(H,24,26)(H,27,28). The second-order valence-corrected chi connectivity index (χ2v) is 6.43. The van der Waals surface area contributed by atoms with Crippen molar-refractivity contribution in [1.82, 2.24) is 4.90 Å². The van der Waals surface area contributed by atoms with E-state index in [4.69, 9.17) is 15.1 Å². The number of likely N-dealkylation sites (N-methyl/N-ethyl adjacent to an activating group) is 1. The van der Waals surface area contributed by atoms with Crippen LogP contribution in [0.4, 0.5) is 14.9 Å². The van der Waals surface area contributed by atoms with Gasteiger partial charge in [0, 0.05) is 12.7 Å². The maximum Gasteiger partial charge on any atom is 0.410 e. The Bertz CT molecular complexity index is 939. The van der Waals surface area contributed by atoms with E-state index in [1.54, 1.807) is 30.3 Å². The van der Waals surface area contributed by atoms with E-state index in [-0.39, 0.29) is 31.2 Å². The monoisotopic (exact) mass is 413 g/mol. The number of nitriles is 1. The van der Waals surface area contributed by atoms with Crippen molar-refractivity contribution in [2.75, 3.05) is 12.4 Å². The number of ether oxygens (including phenoxy) is 1. The van der Waals surface area contributed by atoms with Crippen LogP contribution < -0.4 is 5.32 Å². The number of carboxylic acids is 1. The van der Waals surface area contributed by atoms with Crippen molar-refractivity contribution in [3.8, 4) is 6.07 Å². The van der Waals surface area contributed by atoms with Gasteiger partial charge in [0.25, 0.3) is 0 Å². The summed E-state index contributed by atoms with van der Waals surface area (Å²) in [6.45, 7) is -0.105. The van der Waals surface area contributed by atoms with Crippen molar-refractivity contribution >= 4 is 23.7 Å². The summed E-state index contributed by atoms with van der Waals surface area (Å²) in [6.07, 6.45) is -1.12. The molecule has 0 bridgehead atoms. The van der Waals surface area contributed by atoms with E-state index in [0.29, 0.717) is 16.8 Å². The molecule has 2 rings (SSSR count). The predicted octanol–water partition coefficient (Wildman–Crippen LogP) is 2.94. The molecule has 2 amide bonds. The zero-order valence-electron chi connectivity index (χ0n) is 16.2. The molecule has 8 nitrogen and oxygen atoms in total. The first-order chi connectivity index (χ1) is 14.3. The zero-order chi connectivity index (χ0) is 22.1. The van der Waals surface area contributed by atoms with Gasteiger partial charge in [-0.25, -0.2) is 14.0 Å². The summed E-state index contributed by atoms with van der Waals surface area (Å²) in [7, 11) is 1.25. The minimum absolute atomic E-state index is 0.0966. The van der Waals surface area contributed by atoms with Gasteiger partial charge in [-0.05, 0) is 35.4 Å². The molecule has 0 saturated heterocycles. The molecule has 30 heavy (non-hydrogen) atoms. The first kappa shape index (κ1) is 22.4. The van der Waals surface area contributed by atoms with Gasteiger partial charge in [-0.15, -0.1) is 0 Å². The number of rotatable bonds is 8. The molecule has 2 aromatic rings. The van der Waals surface area contributed by atoms with Gasteiger partial charge in [0.05, 0.1) is 18.9 Å². The Morgan fingerprint density at radius 1 is 1.13 bits per heavy atom. The number of carbonyl (C=O) groups is 3. The Hall–Kier alpha value is -3.93. The Labute approximate surface area is 172 Å². The Morgan fingerprint density at radius 2 is 1.73 bits per heavy atom. The number of halogens is 1. The highest BCUT2D eigenvalue weighted by atomic mass is 19.1. The molecule has 0 aliphatic heterocycles. The van der Waals surface area contributed by atoms with Gasteiger partial charge < -0.3 is 15.2 Å². The highest BCUT2D eigenvalue weighted by Crippen LogP contribution is 2.13. The number of amides is 2. The largest absolute Gasteiger partial charge is 0.480 e. The van der Waals surface area contributed by atoms with Crippen LogP contribution in [0.1, 0.15) is 17.5 Å². The lowest BCUT2D eigenvalue weighted by molar-refractivity contribution is -0.142. The van der Waals surface area contributed by atoms with E-state index in [2.05, 4.69) is 5.32 Å². The lowest BCUT2D eigenvalue weighted by Crippen LogP contribution is -2.42. The number of carboxylic acid groups (broad SMARTS) is 1. The van der Waals surface area contributed by atoms with Gasteiger partial charge in [0.1, 0.15) is 18.5 Å². The number of hydrogen-bond acceptors (Lipinski definition) is 5. The van der Waals surface area contributed by atoms with Crippen LogP contribution >= 0.6 is 0 Å². The second kappa shape index (κ2) is 10.6. The van der Waals surface area contributed by atoms with E-state index in [0.717, 1.165) is 4.90 Å². The van der Waals surface area contributed by atoms with Gasteiger partial charge in [-0.1, -0.05) is 24.3 Å². The van der Waals surface area contributed by atoms with E-state index in [1.807, 2.05) is 0 Å². The maximum absolute atomic E-state index is 12.9. The van der Waals surface area contributed by atoms with Crippen molar-refractivity contribution in [3.63, 3.8) is 0 Å². The third-order valence-corrected chi connectivity index (χ3v) is 4.20. The van der Waals surface area contributed by atoms with Gasteiger partial charge in [0.15, 0.2) is 0 Å². The average Bonchev–Trinajstić information content (AvgIpc) is 2.72. The molecule has 156 valence electrons. The van der Waals surface area contributed by atoms with Crippen LogP contribution in [0.25, 0.3) is 0 Å². The Kier molecular flexibility index (Phi) is 7.88. The number of carbonyl (C=O) groups excluding carboxylic acids is 2. The van der Waals surface area contributed by atoms with Crippen LogP contribution in [0.2, 0.25) is 0 Å². The molecule has 0 spiro atoms. The molecule has 0 radical (unpaired) electrons. The summed E-state index contributed by atoms with van der Waals surface area (Å²) in [4.78, 5) is 36.0. The molecule has 9 heteroatoms. The SMILES string of the molecule is CN(C(=O)OCc1ccc(NC(=O)Cc2ccc(F)cc2)cc1)C(CC#N)C(=O)O. The summed E-state index contributed by atoms with van der Waals surface area (Å²) in [5.74, 6) is -1.93. The van der Waals surface area contributed by atoms with Crippen LogP contribution in [-0.2, 0) is 27.4 Å². The molecule has 1 atom stereocenters. The number of aliphatic carboxylic acids is 1. The maximum atomic E-state index is 12.9. The highest BCUT2D eigenvalue weighted by molar-refractivity contribution is 5.92. The molecule has 0 heterocycles. The molecule has 0 aromatic heterocycles. The molecule has 2 N–H and O–H groups in total. The van der Waals surface area contributed by atoms with Crippen LogP contribution in [0.3, 0.4) is 0 Å². The third-order valence-electron chi connectivity index (χ3n) is 4.20. The van der Waals surface area contributed by atoms with Gasteiger partial charge in [-0.3, -0.25) is 9.69 Å². The number of hydrogen-bond donors (Lipinski definition) is 2. The van der Waals surface area contributed by atoms with E-state index in [1.165, 1.54) is 31.3 Å². The van der Waals surface area contributed by atoms with E-state index in [9.17, 15) is 18.8 Å². The first-order valence-electron chi connectivity index (χ1n) is 8.92. The van der Waals surface area contributed by atoms with Gasteiger partial charge >= 0.3 is 12.1 Å². The normalized spacial score (nSPS) is 11.1. The smallest absolute Gasteiger partial charge is 0.410 e. The zero-order valence-corrected chi connectivity index (χ0v) is 16.2. The fourth-order valence-electron chi connectivity index (χ4n) is 2.53. The van der Waals surface area contributed by atoms with Crippen LogP contribution in [0, 0.1) is 17.1 Å². The van der Waals surface area contributed by atoms with Crippen molar-refractivity contribution in [2.45, 2.75) is 25.5 Å². The molecule has 0 fully saturated rings. The molecule has 0 aliphatic rings. The predicted molar refractivity (Wildman–Crippen MR) is 105 cm³/mol. The Balaban J connectivity index is 1.86. The van der Waals surface area contributed by atoms with E-state index >= 15 is 0 Å². The quantitative estimate of drug-likeness (QED) is 0.687. The molecule has 0 saturated carbocycles. The lowest BCUT2D eigenvalue weighted by Gasteiger charge is -2.22. The summed E-state index contributed by atoms with van der Waals surface area (Å²) in [5, 5.41) is 20.4. The first-order valence-corrected chi connectivity index (χ1v) is 8.92. The number of nitrogens with zero attached hydrogens (tertiary/aromatic N) is 2. The minimum Gasteiger partial charge on any atom is -0.480 e. The summed E-state index contributed by atoms with van der Waals surface area (Å²) in [5.41, 5.74) is 1.84. The van der Waals surface area contributed by atoms with Crippen LogP contribution in [-0.4, -0.2) is 41.1 Å². The average molecular weight is 413 g/mol. The topological polar surface area (TPSA) is 120 Å². The highest BCUT2D eigenvalue weighted by Gasteiger charge is 2.27. The number of benzene rings is 2. The molecular formula is C21H20FN3O5. The van der Waals surface area contributed by atoms with E-state index < -0.39 is 18.1 Å². The van der Waals surface area contributed by atoms with Crippen LogP contribution in [0.15, 0.2) is 48.5 Å². The molecule has 1 unspecified atom stereocenters. The molecule has 2 aromatic carbocycles. The second-order valence-electron chi connectivity index (χ2n) is 6.43. The summed E-state index contributed by atoms with van der Waals surface area (Å²) >= 11 is 0. The fraction of sp³-hybridized carbons (Fsp3) is 0.238. The van der Waals surface area contributed by atoms with Crippen molar-refractivity contribution in [2.24, 2.45) is 0 Å². The van der Waals surface area contributed by atoms with Crippen LogP contribution in [0.5, 0.6) is 0 Å². The van der Waals surface area contributed by atoms with Crippen molar-refractivity contribution < 1.29 is 28.6 Å². The molecule has 0 aliphatic carbocycles. The number of anilines is 1. The Morgan fingerprint density at radius 3 is 2.30 bits per heavy atom. The summed E-state index contributed by atoms with van der Waals surface area (Å²) in [6, 6.07) is 12.6. The van der Waals surface area contributed by atoms with Crippen molar-refractivity contribution in [3.05, 3.63) is 65.5 Å². The lowest BCUT2D eigenvalue weighted by atomic mass is 10.1. The van der Waals surface area contributed by atoms with Gasteiger partial charge in [-0.2, -0.15) is 5.26 Å². The number of nitrogens with one attached hydrogen (secondary N) is 1. The minimum atomic E-state index is -1.29. The van der Waals surface area contributed by atoms with Crippen molar-refractivity contribution in [1.29, 1.82) is 5.26 Å². The van der Waals surface area contributed by atoms with Gasteiger partial charge in [0.2, 0.25) is 5.91 Å². The fourth-order valence-corrected chi connectivity index (χ4v) is 2.53.